The van der Waals surface area contributed by atoms with Crippen LogP contribution in [0.15, 0.2) is 41.3 Å². The summed E-state index contributed by atoms with van der Waals surface area (Å²) < 4.78 is 2.40. The van der Waals surface area contributed by atoms with Gasteiger partial charge in [0.2, 0.25) is 13.2 Å². The Bertz CT molecular complexity index is 1610. The van der Waals surface area contributed by atoms with Crippen molar-refractivity contribution in [3.05, 3.63) is 58.5 Å². The largest absolute Gasteiger partial charge is 0.342 e. The molecule has 2 fully saturated rings. The molecule has 9 nitrogen and oxygen atoms in total. The van der Waals surface area contributed by atoms with Crippen LogP contribution in [0, 0.1) is 19.3 Å². The fourth-order valence-corrected chi connectivity index (χ4v) is 6.07. The summed E-state index contributed by atoms with van der Waals surface area (Å²) in [5.41, 5.74) is 4.07. The van der Waals surface area contributed by atoms with Crippen molar-refractivity contribution < 1.29 is 9.59 Å². The van der Waals surface area contributed by atoms with Gasteiger partial charge in [0.15, 0.2) is 5.78 Å². The number of rotatable bonds is 6. The summed E-state index contributed by atoms with van der Waals surface area (Å²) in [4.78, 5) is 46.2. The number of fused-ring (bicyclic) bond motifs is 2. The Morgan fingerprint density at radius 1 is 1.16 bits per heavy atom. The molecule has 3 atom stereocenters. The SMILES string of the molecule is CC(=O)c1nn(CC(=O)N2[C@H]([B]c3cccc(Br)n3)C[C@@]3(C)C[C@@H]23)c2c(C)nc(-c3cnc(C)nc3)cc12. The van der Waals surface area contributed by atoms with E-state index in [9.17, 15) is 9.59 Å². The average Bonchev–Trinajstić information content (AvgIpc) is 3.22. The van der Waals surface area contributed by atoms with Crippen LogP contribution in [0.1, 0.15) is 48.7 Å². The Balaban J connectivity index is 1.34. The number of hydrogen-bond donors (Lipinski definition) is 0. The second-order valence-electron chi connectivity index (χ2n) is 10.6. The number of likely N-dealkylation sites (tertiary alicyclic amines) is 1. The van der Waals surface area contributed by atoms with Gasteiger partial charge in [0.1, 0.15) is 22.7 Å². The number of carbonyl (C=O) groups excluding carboxylic acids is 2. The van der Waals surface area contributed by atoms with Crippen LogP contribution in [0.3, 0.4) is 0 Å². The Hall–Kier alpha value is -3.47. The van der Waals surface area contributed by atoms with Gasteiger partial charge in [-0.25, -0.2) is 9.97 Å². The van der Waals surface area contributed by atoms with E-state index in [1.165, 1.54) is 6.92 Å². The second-order valence-corrected chi connectivity index (χ2v) is 11.4. The summed E-state index contributed by atoms with van der Waals surface area (Å²) in [5, 5.41) is 5.28. The highest BCUT2D eigenvalue weighted by molar-refractivity contribution is 9.10. The fraction of sp³-hybridized carbons (Fsp3) is 0.370. The number of Topliss-reactive ketones (excluding diaryl/α,β-unsaturated/α-hetero) is 1. The van der Waals surface area contributed by atoms with Crippen molar-refractivity contribution in [2.24, 2.45) is 5.41 Å². The van der Waals surface area contributed by atoms with E-state index in [4.69, 9.17) is 4.98 Å². The van der Waals surface area contributed by atoms with E-state index in [0.29, 0.717) is 33.8 Å². The van der Waals surface area contributed by atoms with Crippen LogP contribution in [0.5, 0.6) is 0 Å². The first-order valence-electron chi connectivity index (χ1n) is 12.6. The van der Waals surface area contributed by atoms with Crippen molar-refractivity contribution in [1.82, 2.24) is 34.6 Å². The minimum Gasteiger partial charge on any atom is -0.342 e. The van der Waals surface area contributed by atoms with Gasteiger partial charge in [-0.3, -0.25) is 24.2 Å². The number of ketones is 1. The van der Waals surface area contributed by atoms with Crippen molar-refractivity contribution in [2.75, 3.05) is 0 Å². The van der Waals surface area contributed by atoms with E-state index in [1.807, 2.05) is 43.0 Å². The Labute approximate surface area is 229 Å². The number of hydrogen-bond acceptors (Lipinski definition) is 7. The minimum absolute atomic E-state index is 0.0256. The third-order valence-corrected chi connectivity index (χ3v) is 8.10. The number of aromatic nitrogens is 6. The maximum atomic E-state index is 13.8. The molecule has 0 N–H and O–H groups in total. The van der Waals surface area contributed by atoms with Crippen LogP contribution in [-0.2, 0) is 11.3 Å². The molecule has 11 heteroatoms. The number of aryl methyl sites for hydroxylation is 2. The highest BCUT2D eigenvalue weighted by atomic mass is 79.9. The smallest absolute Gasteiger partial charge is 0.244 e. The van der Waals surface area contributed by atoms with E-state index < -0.39 is 0 Å². The molecule has 0 spiro atoms. The number of amides is 1. The molecule has 4 aromatic rings. The molecular formula is C27H26BBrN7O2. The topological polar surface area (TPSA) is 107 Å². The first kappa shape index (κ1) is 24.8. The number of piperidine rings is 1. The zero-order valence-electron chi connectivity index (χ0n) is 21.6. The fourth-order valence-electron chi connectivity index (χ4n) is 5.71. The lowest BCUT2D eigenvalue weighted by Crippen LogP contribution is -2.47. The minimum atomic E-state index is -0.166. The van der Waals surface area contributed by atoms with Gasteiger partial charge in [0, 0.05) is 47.8 Å². The van der Waals surface area contributed by atoms with Gasteiger partial charge in [0.25, 0.3) is 0 Å². The summed E-state index contributed by atoms with van der Waals surface area (Å²) in [6, 6.07) is 7.82. The van der Waals surface area contributed by atoms with E-state index in [0.717, 1.165) is 28.6 Å². The van der Waals surface area contributed by atoms with Gasteiger partial charge in [-0.05, 0) is 60.2 Å². The van der Waals surface area contributed by atoms with E-state index in [-0.39, 0.29) is 35.6 Å². The lowest BCUT2D eigenvalue weighted by Gasteiger charge is -2.27. The zero-order chi connectivity index (χ0) is 26.8. The molecule has 191 valence electrons. The van der Waals surface area contributed by atoms with E-state index >= 15 is 0 Å². The Morgan fingerprint density at radius 3 is 2.63 bits per heavy atom. The quantitative estimate of drug-likeness (QED) is 0.199. The molecule has 5 heterocycles. The lowest BCUT2D eigenvalue weighted by atomic mass is 9.63. The van der Waals surface area contributed by atoms with Crippen molar-refractivity contribution in [3.8, 4) is 11.3 Å². The van der Waals surface area contributed by atoms with Crippen LogP contribution >= 0.6 is 15.9 Å². The van der Waals surface area contributed by atoms with Gasteiger partial charge >= 0.3 is 0 Å². The van der Waals surface area contributed by atoms with Gasteiger partial charge in [0.05, 0.1) is 16.9 Å². The van der Waals surface area contributed by atoms with Crippen LogP contribution in [0.2, 0.25) is 0 Å². The van der Waals surface area contributed by atoms with Gasteiger partial charge in [-0.1, -0.05) is 19.1 Å². The third kappa shape index (κ3) is 4.32. The summed E-state index contributed by atoms with van der Waals surface area (Å²) in [5.74, 6) is 0.430. The Kier molecular flexibility index (Phi) is 5.94. The summed E-state index contributed by atoms with van der Waals surface area (Å²) in [6.45, 7) is 7.45. The van der Waals surface area contributed by atoms with Crippen LogP contribution in [0.4, 0.5) is 0 Å². The normalized spacial score (nSPS) is 22.0. The first-order chi connectivity index (χ1) is 18.1. The molecule has 1 amide bonds. The van der Waals surface area contributed by atoms with Gasteiger partial charge < -0.3 is 4.90 Å². The predicted octanol–water partition coefficient (Wildman–Crippen LogP) is 3.23. The maximum absolute atomic E-state index is 13.8. The maximum Gasteiger partial charge on any atom is 0.244 e. The zero-order valence-corrected chi connectivity index (χ0v) is 23.2. The summed E-state index contributed by atoms with van der Waals surface area (Å²) in [7, 11) is 2.07. The number of nitrogens with zero attached hydrogens (tertiary/aromatic N) is 7. The molecule has 1 aliphatic heterocycles. The van der Waals surface area contributed by atoms with Gasteiger partial charge in [-0.2, -0.15) is 5.10 Å². The molecule has 0 aromatic carbocycles. The lowest BCUT2D eigenvalue weighted by molar-refractivity contribution is -0.132. The summed E-state index contributed by atoms with van der Waals surface area (Å²) >= 11 is 3.43. The van der Waals surface area contributed by atoms with Gasteiger partial charge in [-0.15, -0.1) is 0 Å². The molecule has 1 saturated heterocycles. The standard InChI is InChI=1S/C27H26BBrN7O2/c1-14-26-18(8-19(32-14)17-11-30-16(3)31-12-17)25(15(2)37)34-35(26)13-24(38)36-20-9-27(20,4)10-22(36)28-21-6-5-7-23(29)33-21/h5-8,11-12,20,22H,9-10,13H2,1-4H3/t20-,22+,27-/m1/s1. The molecule has 0 unspecified atom stereocenters. The van der Waals surface area contributed by atoms with Crippen molar-refractivity contribution >= 4 is 51.4 Å². The van der Waals surface area contributed by atoms with Crippen molar-refractivity contribution in [3.63, 3.8) is 0 Å². The molecule has 1 saturated carbocycles. The molecule has 4 aromatic heterocycles. The molecule has 1 aliphatic carbocycles. The monoisotopic (exact) mass is 570 g/mol. The van der Waals surface area contributed by atoms with Crippen LogP contribution in [-0.4, -0.2) is 65.6 Å². The third-order valence-electron chi connectivity index (χ3n) is 7.66. The van der Waals surface area contributed by atoms with Crippen LogP contribution in [0.25, 0.3) is 22.2 Å². The number of pyridine rings is 2. The first-order valence-corrected chi connectivity index (χ1v) is 13.4. The van der Waals surface area contributed by atoms with E-state index in [2.05, 4.69) is 50.2 Å². The molecular weight excluding hydrogens is 545 g/mol. The molecule has 38 heavy (non-hydrogen) atoms. The molecule has 2 aliphatic rings. The highest BCUT2D eigenvalue weighted by Crippen LogP contribution is 2.58. The Morgan fingerprint density at radius 2 is 1.92 bits per heavy atom. The molecule has 6 rings (SSSR count). The number of carbonyl (C=O) groups is 2. The number of halogens is 1. The van der Waals surface area contributed by atoms with Crippen molar-refractivity contribution in [2.45, 2.75) is 59.1 Å². The molecule has 0 bridgehead atoms. The van der Waals surface area contributed by atoms with Crippen LogP contribution < -0.4 is 5.59 Å². The summed E-state index contributed by atoms with van der Waals surface area (Å²) in [6.07, 6.45) is 5.33. The highest BCUT2D eigenvalue weighted by Gasteiger charge is 2.62. The van der Waals surface area contributed by atoms with E-state index in [1.54, 1.807) is 17.1 Å². The predicted molar refractivity (Wildman–Crippen MR) is 147 cm³/mol. The molecule has 1 radical (unpaired) electrons. The second kappa shape index (κ2) is 9.08. The average molecular weight is 571 g/mol. The van der Waals surface area contributed by atoms with Crippen molar-refractivity contribution in [1.29, 1.82) is 0 Å².